The number of hydrazone groups is 1. The third-order valence-electron chi connectivity index (χ3n) is 4.48. The molecule has 0 heterocycles. The third-order valence-corrected chi connectivity index (χ3v) is 6.28. The van der Waals surface area contributed by atoms with E-state index in [2.05, 4.69) is 10.5 Å². The van der Waals surface area contributed by atoms with Gasteiger partial charge in [0.25, 0.3) is 15.9 Å². The fourth-order valence-electron chi connectivity index (χ4n) is 2.72. The Kier molecular flexibility index (Phi) is 6.56. The van der Waals surface area contributed by atoms with Gasteiger partial charge >= 0.3 is 0 Å². The van der Waals surface area contributed by atoms with E-state index >= 15 is 0 Å². The molecule has 0 saturated carbocycles. The van der Waals surface area contributed by atoms with Crippen molar-refractivity contribution in [2.45, 2.75) is 4.90 Å². The molecule has 160 valence electrons. The van der Waals surface area contributed by atoms with E-state index in [4.69, 9.17) is 4.74 Å². The molecule has 31 heavy (non-hydrogen) atoms. The Morgan fingerprint density at radius 3 is 2.39 bits per heavy atom. The fourth-order valence-corrected chi connectivity index (χ4v) is 3.93. The van der Waals surface area contributed by atoms with E-state index in [1.807, 2.05) is 0 Å². The number of nitrogens with one attached hydrogen (secondary N) is 1. The number of hydrogen-bond acceptors (Lipinski definition) is 6. The van der Waals surface area contributed by atoms with E-state index in [1.54, 1.807) is 42.5 Å². The van der Waals surface area contributed by atoms with Crippen molar-refractivity contribution >= 4 is 27.8 Å². The summed E-state index contributed by atoms with van der Waals surface area (Å²) in [5.74, 6) is -0.162. The topological polar surface area (TPSA) is 108 Å². The predicted molar refractivity (Wildman–Crippen MR) is 118 cm³/mol. The van der Waals surface area contributed by atoms with E-state index in [1.165, 1.54) is 50.7 Å². The number of hydrogen-bond donors (Lipinski definition) is 2. The van der Waals surface area contributed by atoms with Gasteiger partial charge in [0.05, 0.1) is 23.9 Å². The van der Waals surface area contributed by atoms with E-state index in [-0.39, 0.29) is 10.6 Å². The quantitative estimate of drug-likeness (QED) is 0.435. The van der Waals surface area contributed by atoms with Gasteiger partial charge in [-0.15, -0.1) is 0 Å². The summed E-state index contributed by atoms with van der Waals surface area (Å²) in [6, 6.07) is 18.9. The van der Waals surface area contributed by atoms with Gasteiger partial charge in [-0.1, -0.05) is 18.2 Å². The van der Waals surface area contributed by atoms with Crippen LogP contribution in [0, 0.1) is 0 Å². The lowest BCUT2D eigenvalue weighted by Gasteiger charge is -2.19. The average Bonchev–Trinajstić information content (AvgIpc) is 2.80. The summed E-state index contributed by atoms with van der Waals surface area (Å²) in [6.07, 6.45) is 1.41. The molecule has 0 aliphatic carbocycles. The van der Waals surface area contributed by atoms with Crippen molar-refractivity contribution in [2.24, 2.45) is 5.10 Å². The molecular weight excluding hydrogens is 418 g/mol. The number of anilines is 1. The van der Waals surface area contributed by atoms with Crippen LogP contribution < -0.4 is 14.5 Å². The maximum Gasteiger partial charge on any atom is 0.271 e. The van der Waals surface area contributed by atoms with Gasteiger partial charge < -0.3 is 9.84 Å². The van der Waals surface area contributed by atoms with Crippen LogP contribution in [0.3, 0.4) is 0 Å². The molecule has 1 amide bonds. The Hall–Kier alpha value is -3.85. The van der Waals surface area contributed by atoms with Gasteiger partial charge in [0.2, 0.25) is 0 Å². The van der Waals surface area contributed by atoms with Crippen molar-refractivity contribution in [1.29, 1.82) is 0 Å². The Morgan fingerprint density at radius 1 is 1.06 bits per heavy atom. The molecule has 0 aliphatic rings. The van der Waals surface area contributed by atoms with Crippen molar-refractivity contribution in [3.63, 3.8) is 0 Å². The molecule has 0 aromatic heterocycles. The number of methoxy groups -OCH3 is 1. The summed E-state index contributed by atoms with van der Waals surface area (Å²) in [4.78, 5) is 12.5. The van der Waals surface area contributed by atoms with Crippen molar-refractivity contribution in [3.05, 3.63) is 83.9 Å². The first-order valence-electron chi connectivity index (χ1n) is 9.17. The summed E-state index contributed by atoms with van der Waals surface area (Å²) in [6.45, 7) is 0. The molecule has 0 aliphatic heterocycles. The van der Waals surface area contributed by atoms with E-state index in [0.29, 0.717) is 22.6 Å². The first-order chi connectivity index (χ1) is 14.8. The summed E-state index contributed by atoms with van der Waals surface area (Å²) < 4.78 is 31.6. The molecule has 2 N–H and O–H groups in total. The van der Waals surface area contributed by atoms with Crippen molar-refractivity contribution < 1.29 is 23.1 Å². The maximum absolute atomic E-state index is 12.7. The van der Waals surface area contributed by atoms with Gasteiger partial charge in [0, 0.05) is 12.6 Å². The van der Waals surface area contributed by atoms with Gasteiger partial charge in [-0.3, -0.25) is 9.10 Å². The molecule has 0 saturated heterocycles. The first kappa shape index (κ1) is 21.8. The molecular formula is C22H21N3O5S. The second-order valence-electron chi connectivity index (χ2n) is 6.46. The number of aromatic hydroxyl groups is 1. The number of nitrogens with zero attached hydrogens (tertiary/aromatic N) is 2. The van der Waals surface area contributed by atoms with Gasteiger partial charge in [-0.05, 0) is 60.2 Å². The first-order valence-corrected chi connectivity index (χ1v) is 10.6. The Morgan fingerprint density at radius 2 is 1.74 bits per heavy atom. The molecule has 3 aromatic carbocycles. The van der Waals surface area contributed by atoms with Crippen LogP contribution >= 0.6 is 0 Å². The minimum absolute atomic E-state index is 0.00280. The van der Waals surface area contributed by atoms with Crippen LogP contribution in [0.15, 0.2) is 82.8 Å². The zero-order valence-corrected chi connectivity index (χ0v) is 17.7. The summed E-state index contributed by atoms with van der Waals surface area (Å²) in [5, 5.41) is 13.5. The predicted octanol–water partition coefficient (Wildman–Crippen LogP) is 2.99. The lowest BCUT2D eigenvalue weighted by molar-refractivity contribution is 0.0955. The molecule has 3 aromatic rings. The minimum Gasteiger partial charge on any atom is -0.504 e. The van der Waals surface area contributed by atoms with Crippen LogP contribution in [0.1, 0.15) is 15.9 Å². The monoisotopic (exact) mass is 439 g/mol. The number of benzene rings is 3. The number of sulfonamides is 1. The van der Waals surface area contributed by atoms with Crippen LogP contribution in [0.2, 0.25) is 0 Å². The highest BCUT2D eigenvalue weighted by Gasteiger charge is 2.21. The number of rotatable bonds is 7. The van der Waals surface area contributed by atoms with Gasteiger partial charge in [0.1, 0.15) is 0 Å². The smallest absolute Gasteiger partial charge is 0.271 e. The van der Waals surface area contributed by atoms with Crippen molar-refractivity contribution in [3.8, 4) is 11.5 Å². The van der Waals surface area contributed by atoms with Gasteiger partial charge in [-0.2, -0.15) is 5.10 Å². The van der Waals surface area contributed by atoms with E-state index < -0.39 is 15.9 Å². The van der Waals surface area contributed by atoms with E-state index in [9.17, 15) is 18.3 Å². The summed E-state index contributed by atoms with van der Waals surface area (Å²) >= 11 is 0. The largest absolute Gasteiger partial charge is 0.504 e. The highest BCUT2D eigenvalue weighted by atomic mass is 32.2. The summed E-state index contributed by atoms with van der Waals surface area (Å²) in [7, 11) is -0.811. The van der Waals surface area contributed by atoms with Crippen LogP contribution in [0.4, 0.5) is 5.69 Å². The third kappa shape index (κ3) is 5.01. The van der Waals surface area contributed by atoms with Gasteiger partial charge in [-0.25, -0.2) is 13.8 Å². The number of carbonyl (C=O) groups excluding carboxylic acids is 1. The molecule has 0 unspecified atom stereocenters. The van der Waals surface area contributed by atoms with Crippen molar-refractivity contribution in [2.75, 3.05) is 18.5 Å². The molecule has 0 spiro atoms. The zero-order chi connectivity index (χ0) is 22.4. The summed E-state index contributed by atoms with van der Waals surface area (Å²) in [5.41, 5.74) is 3.75. The molecule has 0 atom stereocenters. The van der Waals surface area contributed by atoms with E-state index in [0.717, 1.165) is 4.31 Å². The van der Waals surface area contributed by atoms with Crippen LogP contribution in [0.25, 0.3) is 0 Å². The number of amides is 1. The molecule has 0 bridgehead atoms. The molecule has 8 nitrogen and oxygen atoms in total. The van der Waals surface area contributed by atoms with Crippen LogP contribution in [-0.4, -0.2) is 39.8 Å². The SMILES string of the molecule is COc1cc(/C=N/NC(=O)c2ccc(N(C)S(=O)(=O)c3ccccc3)cc2)ccc1O. The number of ether oxygens (including phenoxy) is 1. The fraction of sp³-hybridized carbons (Fsp3) is 0.0909. The molecule has 0 fully saturated rings. The van der Waals surface area contributed by atoms with Gasteiger partial charge in [0.15, 0.2) is 11.5 Å². The lowest BCUT2D eigenvalue weighted by Crippen LogP contribution is -2.26. The van der Waals surface area contributed by atoms with Crippen LogP contribution in [0.5, 0.6) is 11.5 Å². The normalized spacial score (nSPS) is 11.3. The number of carbonyl (C=O) groups is 1. The zero-order valence-electron chi connectivity index (χ0n) is 16.9. The molecule has 0 radical (unpaired) electrons. The highest BCUT2D eigenvalue weighted by Crippen LogP contribution is 2.25. The number of phenols is 1. The molecule has 9 heteroatoms. The standard InChI is InChI=1S/C22H21N3O5S/c1-25(31(28,29)19-6-4-3-5-7-19)18-11-9-17(10-12-18)22(27)24-23-15-16-8-13-20(26)21(14-16)30-2/h3-15,26H,1-2H3,(H,24,27)/b23-15+. The Labute approximate surface area is 180 Å². The van der Waals surface area contributed by atoms with Crippen LogP contribution in [-0.2, 0) is 10.0 Å². The Balaban J connectivity index is 1.67. The molecule has 3 rings (SSSR count). The van der Waals surface area contributed by atoms with Crippen molar-refractivity contribution in [1.82, 2.24) is 5.43 Å². The minimum atomic E-state index is -3.70. The second-order valence-corrected chi connectivity index (χ2v) is 8.43. The average molecular weight is 439 g/mol. The second kappa shape index (κ2) is 9.31. The number of phenolic OH excluding ortho intramolecular Hbond substituents is 1. The lowest BCUT2D eigenvalue weighted by atomic mass is 10.2. The maximum atomic E-state index is 12.7. The Bertz CT molecular complexity index is 1190. The highest BCUT2D eigenvalue weighted by molar-refractivity contribution is 7.92.